The monoisotopic (exact) mass is 346 g/mol. The van der Waals surface area contributed by atoms with Gasteiger partial charge in [0.25, 0.3) is 5.79 Å². The van der Waals surface area contributed by atoms with Crippen molar-refractivity contribution >= 4 is 23.4 Å². The summed E-state index contributed by atoms with van der Waals surface area (Å²) >= 11 is 1.34. The van der Waals surface area contributed by atoms with Crippen molar-refractivity contribution < 1.29 is 14.3 Å². The van der Waals surface area contributed by atoms with E-state index in [0.29, 0.717) is 16.6 Å². The number of hydrogen-bond acceptors (Lipinski definition) is 6. The molecule has 4 rings (SSSR count). The van der Waals surface area contributed by atoms with E-state index in [0.717, 1.165) is 31.4 Å². The fourth-order valence-corrected chi connectivity index (χ4v) is 3.71. The molecule has 7 nitrogen and oxygen atoms in total. The molecule has 126 valence electrons. The van der Waals surface area contributed by atoms with Crippen molar-refractivity contribution in [3.05, 3.63) is 24.5 Å². The van der Waals surface area contributed by atoms with Crippen LogP contribution < -0.4 is 14.8 Å². The normalized spacial score (nSPS) is 17.4. The third-order valence-corrected chi connectivity index (χ3v) is 5.22. The Balaban J connectivity index is 1.38. The van der Waals surface area contributed by atoms with Crippen LogP contribution in [0.1, 0.15) is 25.7 Å². The van der Waals surface area contributed by atoms with Gasteiger partial charge in [0.05, 0.1) is 5.75 Å². The molecule has 0 bridgehead atoms. The summed E-state index contributed by atoms with van der Waals surface area (Å²) in [7, 11) is 1.84. The first-order valence-corrected chi connectivity index (χ1v) is 8.91. The predicted molar refractivity (Wildman–Crippen MR) is 89.3 cm³/mol. The molecule has 1 fully saturated rings. The molecule has 2 aromatic rings. The lowest BCUT2D eigenvalue weighted by molar-refractivity contribution is -0.113. The lowest BCUT2D eigenvalue weighted by Crippen LogP contribution is -2.34. The van der Waals surface area contributed by atoms with Gasteiger partial charge in [-0.2, -0.15) is 0 Å². The topological polar surface area (TPSA) is 78.3 Å². The van der Waals surface area contributed by atoms with Crippen LogP contribution in [0.4, 0.5) is 5.69 Å². The van der Waals surface area contributed by atoms with Gasteiger partial charge >= 0.3 is 0 Å². The van der Waals surface area contributed by atoms with Crippen molar-refractivity contribution in [2.24, 2.45) is 7.05 Å². The minimum atomic E-state index is -0.480. The zero-order valence-electron chi connectivity index (χ0n) is 13.3. The molecule has 2 heterocycles. The smallest absolute Gasteiger partial charge is 0.251 e. The van der Waals surface area contributed by atoms with Crippen LogP contribution in [0.25, 0.3) is 0 Å². The van der Waals surface area contributed by atoms with Crippen molar-refractivity contribution in [1.29, 1.82) is 0 Å². The summed E-state index contributed by atoms with van der Waals surface area (Å²) in [4.78, 5) is 12.1. The Morgan fingerprint density at radius 2 is 2.12 bits per heavy atom. The van der Waals surface area contributed by atoms with Crippen LogP contribution in [-0.4, -0.2) is 32.2 Å². The second-order valence-corrected chi connectivity index (χ2v) is 6.99. The van der Waals surface area contributed by atoms with E-state index in [2.05, 4.69) is 15.5 Å². The van der Waals surface area contributed by atoms with Crippen molar-refractivity contribution in [2.45, 2.75) is 36.6 Å². The molecular formula is C16H18N4O3S. The van der Waals surface area contributed by atoms with Gasteiger partial charge in [0.15, 0.2) is 16.7 Å². The standard InChI is InChI=1S/C16H18N4O3S/c1-20-10-17-19-15(20)24-9-14(21)18-11-4-5-12-13(8-11)23-16(22-12)6-2-3-7-16/h4-5,8,10H,2-3,6-7,9H2,1H3,(H,18,21). The van der Waals surface area contributed by atoms with Gasteiger partial charge in [-0.3, -0.25) is 4.79 Å². The molecule has 0 radical (unpaired) electrons. The molecule has 0 unspecified atom stereocenters. The first-order chi connectivity index (χ1) is 11.6. The third kappa shape index (κ3) is 2.93. The number of benzene rings is 1. The van der Waals surface area contributed by atoms with Crippen LogP contribution in [0.3, 0.4) is 0 Å². The average molecular weight is 346 g/mol. The van der Waals surface area contributed by atoms with Gasteiger partial charge in [-0.1, -0.05) is 11.8 Å². The fourth-order valence-electron chi connectivity index (χ4n) is 3.02. The fraction of sp³-hybridized carbons (Fsp3) is 0.438. The number of hydrogen-bond donors (Lipinski definition) is 1. The number of carbonyl (C=O) groups is 1. The molecule has 8 heteroatoms. The highest BCUT2D eigenvalue weighted by Crippen LogP contribution is 2.47. The largest absolute Gasteiger partial charge is 0.448 e. The van der Waals surface area contributed by atoms with Crippen LogP contribution in [0, 0.1) is 0 Å². The Morgan fingerprint density at radius 3 is 2.88 bits per heavy atom. The van der Waals surface area contributed by atoms with E-state index in [9.17, 15) is 4.79 Å². The van der Waals surface area contributed by atoms with Crippen molar-refractivity contribution in [2.75, 3.05) is 11.1 Å². The zero-order chi connectivity index (χ0) is 16.6. The molecule has 1 saturated carbocycles. The van der Waals surface area contributed by atoms with Gasteiger partial charge in [-0.15, -0.1) is 10.2 Å². The highest BCUT2D eigenvalue weighted by molar-refractivity contribution is 7.99. The van der Waals surface area contributed by atoms with Gasteiger partial charge in [-0.05, 0) is 25.0 Å². The van der Waals surface area contributed by atoms with Crippen molar-refractivity contribution in [3.8, 4) is 11.5 Å². The number of nitrogens with zero attached hydrogens (tertiary/aromatic N) is 3. The number of rotatable bonds is 4. The Hall–Kier alpha value is -2.22. The quantitative estimate of drug-likeness (QED) is 0.858. The van der Waals surface area contributed by atoms with E-state index < -0.39 is 5.79 Å². The molecule has 1 N–H and O–H groups in total. The number of fused-ring (bicyclic) bond motifs is 1. The highest BCUT2D eigenvalue weighted by Gasteiger charge is 2.44. The van der Waals surface area contributed by atoms with Crippen LogP contribution in [-0.2, 0) is 11.8 Å². The summed E-state index contributed by atoms with van der Waals surface area (Å²) in [5.74, 6) is 1.15. The molecule has 24 heavy (non-hydrogen) atoms. The lowest BCUT2D eigenvalue weighted by atomic mass is 10.2. The van der Waals surface area contributed by atoms with Gasteiger partial charge in [0.2, 0.25) is 5.91 Å². The molecule has 1 spiro atoms. The highest BCUT2D eigenvalue weighted by atomic mass is 32.2. The van der Waals surface area contributed by atoms with Crippen LogP contribution in [0.15, 0.2) is 29.7 Å². The molecular weight excluding hydrogens is 328 g/mol. The number of thioether (sulfide) groups is 1. The number of aryl methyl sites for hydroxylation is 1. The molecule has 1 aliphatic carbocycles. The minimum Gasteiger partial charge on any atom is -0.448 e. The van der Waals surface area contributed by atoms with E-state index in [-0.39, 0.29) is 11.7 Å². The summed E-state index contributed by atoms with van der Waals surface area (Å²) in [5.41, 5.74) is 0.705. The summed E-state index contributed by atoms with van der Waals surface area (Å²) in [6.07, 6.45) is 5.68. The molecule has 1 amide bonds. The van der Waals surface area contributed by atoms with Crippen molar-refractivity contribution in [3.63, 3.8) is 0 Å². The number of amides is 1. The number of carbonyl (C=O) groups excluding carboxylic acids is 1. The third-order valence-electron chi connectivity index (χ3n) is 4.19. The number of anilines is 1. The van der Waals surface area contributed by atoms with Gasteiger partial charge in [0.1, 0.15) is 6.33 Å². The SMILES string of the molecule is Cn1cnnc1SCC(=O)Nc1ccc2c(c1)OC1(CCCC1)O2. The van der Waals surface area contributed by atoms with E-state index >= 15 is 0 Å². The first kappa shape index (κ1) is 15.3. The van der Waals surface area contributed by atoms with E-state index in [1.807, 2.05) is 25.2 Å². The van der Waals surface area contributed by atoms with Crippen LogP contribution >= 0.6 is 11.8 Å². The number of aromatic nitrogens is 3. The second kappa shape index (κ2) is 6.01. The summed E-state index contributed by atoms with van der Waals surface area (Å²) in [6.45, 7) is 0. The minimum absolute atomic E-state index is 0.0996. The second-order valence-electron chi connectivity index (χ2n) is 6.04. The summed E-state index contributed by atoms with van der Waals surface area (Å²) < 4.78 is 13.8. The van der Waals surface area contributed by atoms with Gasteiger partial charge in [0, 0.05) is 31.6 Å². The van der Waals surface area contributed by atoms with Crippen molar-refractivity contribution in [1.82, 2.24) is 14.8 Å². The molecule has 0 atom stereocenters. The maximum atomic E-state index is 12.1. The Morgan fingerprint density at radius 1 is 1.33 bits per heavy atom. The Labute approximate surface area is 143 Å². The van der Waals surface area contributed by atoms with E-state index in [1.54, 1.807) is 10.9 Å². The first-order valence-electron chi connectivity index (χ1n) is 7.92. The summed E-state index contributed by atoms with van der Waals surface area (Å²) in [6, 6.07) is 5.52. The van der Waals surface area contributed by atoms with Crippen LogP contribution in [0.5, 0.6) is 11.5 Å². The number of nitrogens with one attached hydrogen (secondary N) is 1. The van der Waals surface area contributed by atoms with Crippen LogP contribution in [0.2, 0.25) is 0 Å². The Bertz CT molecular complexity index is 770. The average Bonchev–Trinajstić information content (AvgIpc) is 3.26. The molecule has 1 aromatic carbocycles. The molecule has 1 aromatic heterocycles. The zero-order valence-corrected chi connectivity index (χ0v) is 14.1. The number of ether oxygens (including phenoxy) is 2. The Kier molecular flexibility index (Phi) is 3.84. The predicted octanol–water partition coefficient (Wildman–Crippen LogP) is 2.59. The van der Waals surface area contributed by atoms with Gasteiger partial charge in [-0.25, -0.2) is 0 Å². The van der Waals surface area contributed by atoms with Gasteiger partial charge < -0.3 is 19.4 Å². The molecule has 1 aliphatic heterocycles. The lowest BCUT2D eigenvalue weighted by Gasteiger charge is -2.21. The maximum Gasteiger partial charge on any atom is 0.251 e. The molecule has 0 saturated heterocycles. The maximum absolute atomic E-state index is 12.1. The van der Waals surface area contributed by atoms with E-state index in [1.165, 1.54) is 11.8 Å². The van der Waals surface area contributed by atoms with E-state index in [4.69, 9.17) is 9.47 Å². The molecule has 2 aliphatic rings. The summed E-state index contributed by atoms with van der Waals surface area (Å²) in [5, 5.41) is 11.3.